The third-order valence-corrected chi connectivity index (χ3v) is 7.67. The number of hydrogen-bond donors (Lipinski definition) is 0. The van der Waals surface area contributed by atoms with Crippen molar-refractivity contribution < 1.29 is 0 Å². The predicted molar refractivity (Wildman–Crippen MR) is 82.2 cm³/mol. The Hall–Kier alpha value is -0.238. The van der Waals surface area contributed by atoms with E-state index in [1.807, 2.05) is 0 Å². The Labute approximate surface area is 104 Å². The van der Waals surface area contributed by atoms with Gasteiger partial charge in [-0.1, -0.05) is 57.8 Å². The molecule has 0 unspecified atom stereocenters. The zero-order chi connectivity index (χ0) is 12.8. The molecule has 0 bridgehead atoms. The van der Waals surface area contributed by atoms with Crippen LogP contribution in [0.3, 0.4) is 0 Å². The van der Waals surface area contributed by atoms with Crippen molar-refractivity contribution in [3.63, 3.8) is 0 Å². The van der Waals surface area contributed by atoms with Crippen molar-refractivity contribution in [1.29, 1.82) is 0 Å². The Morgan fingerprint density at radius 3 is 2.00 bits per heavy atom. The molecule has 0 radical (unpaired) electrons. The van der Waals surface area contributed by atoms with Gasteiger partial charge in [0, 0.05) is 0 Å². The maximum atomic E-state index is 3.91. The van der Waals surface area contributed by atoms with Crippen molar-refractivity contribution in [2.75, 3.05) is 0 Å². The molecule has 0 nitrogen and oxygen atoms in total. The van der Waals surface area contributed by atoms with E-state index in [0.717, 1.165) is 6.71 Å². The van der Waals surface area contributed by atoms with Crippen LogP contribution in [0.1, 0.15) is 34.1 Å². The minimum absolute atomic E-state index is 0.807. The summed E-state index contributed by atoms with van der Waals surface area (Å²) in [7, 11) is -1.22. The van der Waals surface area contributed by atoms with Gasteiger partial charge in [0.25, 0.3) is 0 Å². The van der Waals surface area contributed by atoms with E-state index in [9.17, 15) is 0 Å². The Kier molecular flexibility index (Phi) is 7.05. The molecule has 0 aromatic rings. The lowest BCUT2D eigenvalue weighted by atomic mass is 9.40. The molecule has 0 saturated heterocycles. The molecule has 0 aromatic heterocycles. The molecule has 16 heavy (non-hydrogen) atoms. The first-order valence-electron chi connectivity index (χ1n) is 6.75. The van der Waals surface area contributed by atoms with Crippen LogP contribution < -0.4 is 0 Å². The lowest BCUT2D eigenvalue weighted by Gasteiger charge is -2.28. The van der Waals surface area contributed by atoms with E-state index in [2.05, 4.69) is 53.4 Å². The minimum Gasteiger partial charge on any atom is -0.106 e. The van der Waals surface area contributed by atoms with Crippen LogP contribution in [0.25, 0.3) is 0 Å². The number of allylic oxidation sites excluding steroid dienone is 3. The molecule has 2 heteroatoms. The highest BCUT2D eigenvalue weighted by atomic mass is 28.3. The van der Waals surface area contributed by atoms with Gasteiger partial charge in [-0.25, -0.2) is 0 Å². The standard InChI is InChI=1S/C14H29BSi/c1-8-12-16(6,7)13(5)14(9-2)15(10-3)11-4/h8H,1,9-12H2,2-7H3/b14-13+. The first kappa shape index (κ1) is 15.8. The summed E-state index contributed by atoms with van der Waals surface area (Å²) in [5, 5.41) is 1.73. The summed E-state index contributed by atoms with van der Waals surface area (Å²) in [4.78, 5) is 0. The van der Waals surface area contributed by atoms with Crippen molar-refractivity contribution in [2.24, 2.45) is 0 Å². The minimum atomic E-state index is -1.22. The molecule has 92 valence electrons. The Balaban J connectivity index is 5.19. The molecule has 0 heterocycles. The highest BCUT2D eigenvalue weighted by molar-refractivity contribution is 6.86. The first-order valence-corrected chi connectivity index (χ1v) is 9.96. The fraction of sp³-hybridized carbons (Fsp3) is 0.714. The van der Waals surface area contributed by atoms with Crippen molar-refractivity contribution in [2.45, 2.75) is 65.9 Å². The Bertz CT molecular complexity index is 249. The highest BCUT2D eigenvalue weighted by Crippen LogP contribution is 2.27. The maximum absolute atomic E-state index is 3.91. The quantitative estimate of drug-likeness (QED) is 0.420. The van der Waals surface area contributed by atoms with Gasteiger partial charge in [-0.05, 0) is 19.4 Å². The summed E-state index contributed by atoms with van der Waals surface area (Å²) in [6.45, 7) is 19.0. The van der Waals surface area contributed by atoms with Crippen LogP contribution in [0.4, 0.5) is 0 Å². The third kappa shape index (κ3) is 3.97. The number of rotatable bonds is 7. The summed E-state index contributed by atoms with van der Waals surface area (Å²) >= 11 is 0. The second-order valence-electron chi connectivity index (χ2n) is 5.39. The van der Waals surface area contributed by atoms with Gasteiger partial charge in [0.05, 0.1) is 8.07 Å². The van der Waals surface area contributed by atoms with E-state index in [1.54, 1.807) is 10.7 Å². The van der Waals surface area contributed by atoms with Gasteiger partial charge in [-0.3, -0.25) is 0 Å². The molecule has 0 N–H and O–H groups in total. The van der Waals surface area contributed by atoms with Gasteiger partial charge >= 0.3 is 0 Å². The second-order valence-corrected chi connectivity index (χ2v) is 10.3. The average molecular weight is 236 g/mol. The molecule has 0 fully saturated rings. The zero-order valence-electron chi connectivity index (χ0n) is 12.2. The molecule has 0 rings (SSSR count). The largest absolute Gasteiger partial charge is 0.169 e. The van der Waals surface area contributed by atoms with Crippen molar-refractivity contribution >= 4 is 14.8 Å². The fourth-order valence-electron chi connectivity index (χ4n) is 2.59. The van der Waals surface area contributed by atoms with Crippen LogP contribution in [0, 0.1) is 0 Å². The smallest absolute Gasteiger partial charge is 0.106 e. The summed E-state index contributed by atoms with van der Waals surface area (Å²) in [5.41, 5.74) is 1.74. The monoisotopic (exact) mass is 236 g/mol. The van der Waals surface area contributed by atoms with Gasteiger partial charge in [-0.15, -0.1) is 12.1 Å². The fourth-order valence-corrected chi connectivity index (χ4v) is 4.87. The summed E-state index contributed by atoms with van der Waals surface area (Å²) in [5.74, 6) is 0. The van der Waals surface area contributed by atoms with Crippen molar-refractivity contribution in [1.82, 2.24) is 0 Å². The average Bonchev–Trinajstić information content (AvgIpc) is 2.24. The van der Waals surface area contributed by atoms with Crippen molar-refractivity contribution in [3.8, 4) is 0 Å². The third-order valence-electron chi connectivity index (χ3n) is 4.01. The van der Waals surface area contributed by atoms with Gasteiger partial charge in [0.2, 0.25) is 0 Å². The maximum Gasteiger partial charge on any atom is 0.169 e. The normalized spacial score (nSPS) is 13.4. The molecular weight excluding hydrogens is 207 g/mol. The summed E-state index contributed by atoms with van der Waals surface area (Å²) < 4.78 is 0. The molecule has 0 atom stereocenters. The highest BCUT2D eigenvalue weighted by Gasteiger charge is 2.26. The molecule has 0 aliphatic rings. The summed E-state index contributed by atoms with van der Waals surface area (Å²) in [6, 6.07) is 1.21. The van der Waals surface area contributed by atoms with E-state index < -0.39 is 8.07 Å². The van der Waals surface area contributed by atoms with Crippen LogP contribution in [-0.2, 0) is 0 Å². The van der Waals surface area contributed by atoms with E-state index in [0.29, 0.717) is 0 Å². The lowest BCUT2D eigenvalue weighted by molar-refractivity contribution is 1.13. The second kappa shape index (κ2) is 7.16. The Morgan fingerprint density at radius 1 is 1.19 bits per heavy atom. The van der Waals surface area contributed by atoms with Gasteiger partial charge in [0.1, 0.15) is 0 Å². The van der Waals surface area contributed by atoms with E-state index in [1.165, 1.54) is 25.1 Å². The molecule has 0 spiro atoms. The van der Waals surface area contributed by atoms with Crippen LogP contribution in [-0.4, -0.2) is 14.8 Å². The van der Waals surface area contributed by atoms with Gasteiger partial charge < -0.3 is 0 Å². The van der Waals surface area contributed by atoms with E-state index in [-0.39, 0.29) is 0 Å². The predicted octanol–water partition coefficient (Wildman–Crippen LogP) is 5.22. The van der Waals surface area contributed by atoms with E-state index >= 15 is 0 Å². The lowest BCUT2D eigenvalue weighted by Crippen LogP contribution is -2.31. The first-order chi connectivity index (χ1) is 7.44. The van der Waals surface area contributed by atoms with Crippen molar-refractivity contribution in [3.05, 3.63) is 23.3 Å². The summed E-state index contributed by atoms with van der Waals surface area (Å²) in [6.07, 6.45) is 5.91. The van der Waals surface area contributed by atoms with Gasteiger partial charge in [0.15, 0.2) is 6.71 Å². The van der Waals surface area contributed by atoms with Crippen LogP contribution in [0.15, 0.2) is 23.3 Å². The molecular formula is C14H29BSi. The van der Waals surface area contributed by atoms with E-state index in [4.69, 9.17) is 0 Å². The molecule has 0 amide bonds. The Morgan fingerprint density at radius 2 is 1.69 bits per heavy atom. The SMILES string of the molecule is C=CC[Si](C)(C)/C(C)=C(\CC)B(CC)CC. The van der Waals surface area contributed by atoms with Crippen LogP contribution >= 0.6 is 0 Å². The van der Waals surface area contributed by atoms with Crippen LogP contribution in [0.5, 0.6) is 0 Å². The number of hydrogen-bond acceptors (Lipinski definition) is 0. The molecule has 0 aliphatic heterocycles. The molecule has 0 saturated carbocycles. The zero-order valence-corrected chi connectivity index (χ0v) is 13.2. The topological polar surface area (TPSA) is 0 Å². The van der Waals surface area contributed by atoms with Crippen LogP contribution in [0.2, 0.25) is 31.8 Å². The van der Waals surface area contributed by atoms with Gasteiger partial charge in [-0.2, -0.15) is 0 Å². The molecule has 0 aromatic carbocycles. The molecule has 0 aliphatic carbocycles.